The Morgan fingerprint density at radius 3 is 2.50 bits per heavy atom. The molecule has 0 aliphatic rings. The fourth-order valence-corrected chi connectivity index (χ4v) is 2.30. The molecular weight excluding hydrogens is 280 g/mol. The van der Waals surface area contributed by atoms with Gasteiger partial charge in [0.25, 0.3) is 5.91 Å². The SMILES string of the molecule is CNC(=O)COC(=O)c1cc(C)n(Cc2ccccc2)c1C. The quantitative estimate of drug-likeness (QED) is 0.860. The van der Waals surface area contributed by atoms with Crippen LogP contribution in [0.25, 0.3) is 0 Å². The minimum absolute atomic E-state index is 0.266. The van der Waals surface area contributed by atoms with Crippen LogP contribution < -0.4 is 5.32 Å². The Hall–Kier alpha value is -2.56. The third-order valence-corrected chi connectivity index (χ3v) is 3.59. The van der Waals surface area contributed by atoms with Gasteiger partial charge in [0.05, 0.1) is 5.56 Å². The van der Waals surface area contributed by atoms with Crippen LogP contribution >= 0.6 is 0 Å². The molecule has 1 aromatic carbocycles. The van der Waals surface area contributed by atoms with Crippen molar-refractivity contribution in [1.29, 1.82) is 0 Å². The average molecular weight is 300 g/mol. The van der Waals surface area contributed by atoms with Crippen LogP contribution in [0.2, 0.25) is 0 Å². The maximum atomic E-state index is 12.1. The van der Waals surface area contributed by atoms with E-state index in [1.54, 1.807) is 6.07 Å². The summed E-state index contributed by atoms with van der Waals surface area (Å²) in [5.74, 6) is -0.803. The van der Waals surface area contributed by atoms with Crippen molar-refractivity contribution in [2.75, 3.05) is 13.7 Å². The Morgan fingerprint density at radius 2 is 1.86 bits per heavy atom. The number of nitrogens with one attached hydrogen (secondary N) is 1. The number of hydrogen-bond acceptors (Lipinski definition) is 3. The first-order valence-corrected chi connectivity index (χ1v) is 7.11. The summed E-state index contributed by atoms with van der Waals surface area (Å²) in [4.78, 5) is 23.2. The van der Waals surface area contributed by atoms with Crippen molar-refractivity contribution in [3.05, 3.63) is 58.9 Å². The van der Waals surface area contributed by atoms with E-state index in [1.165, 1.54) is 7.05 Å². The van der Waals surface area contributed by atoms with E-state index in [0.717, 1.165) is 17.0 Å². The van der Waals surface area contributed by atoms with Crippen molar-refractivity contribution in [1.82, 2.24) is 9.88 Å². The lowest BCUT2D eigenvalue weighted by Gasteiger charge is -2.10. The predicted octanol–water partition coefficient (Wildman–Crippen LogP) is 2.06. The van der Waals surface area contributed by atoms with Gasteiger partial charge in [-0.1, -0.05) is 30.3 Å². The molecule has 0 atom stereocenters. The molecule has 0 aliphatic carbocycles. The molecule has 0 unspecified atom stereocenters. The van der Waals surface area contributed by atoms with E-state index < -0.39 is 5.97 Å². The van der Waals surface area contributed by atoms with Gasteiger partial charge in [0, 0.05) is 25.0 Å². The van der Waals surface area contributed by atoms with Gasteiger partial charge < -0.3 is 14.6 Å². The number of rotatable bonds is 5. The number of carbonyl (C=O) groups is 2. The fourth-order valence-electron chi connectivity index (χ4n) is 2.30. The van der Waals surface area contributed by atoms with E-state index in [2.05, 4.69) is 9.88 Å². The van der Waals surface area contributed by atoms with Gasteiger partial charge in [0.15, 0.2) is 6.61 Å². The van der Waals surface area contributed by atoms with Gasteiger partial charge in [0.2, 0.25) is 0 Å². The normalized spacial score (nSPS) is 10.3. The highest BCUT2D eigenvalue weighted by Crippen LogP contribution is 2.18. The fraction of sp³-hybridized carbons (Fsp3) is 0.294. The van der Waals surface area contributed by atoms with E-state index >= 15 is 0 Å². The number of esters is 1. The Kier molecular flexibility index (Phi) is 4.99. The molecule has 0 saturated carbocycles. The van der Waals surface area contributed by atoms with Crippen LogP contribution in [0.1, 0.15) is 27.3 Å². The van der Waals surface area contributed by atoms with Crippen molar-refractivity contribution in [2.24, 2.45) is 0 Å². The van der Waals surface area contributed by atoms with Gasteiger partial charge in [-0.2, -0.15) is 0 Å². The number of aryl methyl sites for hydroxylation is 1. The highest BCUT2D eigenvalue weighted by atomic mass is 16.5. The lowest BCUT2D eigenvalue weighted by atomic mass is 10.2. The van der Waals surface area contributed by atoms with E-state index in [-0.39, 0.29) is 12.5 Å². The molecule has 0 fully saturated rings. The molecule has 1 N–H and O–H groups in total. The summed E-state index contributed by atoms with van der Waals surface area (Å²) in [6.07, 6.45) is 0. The summed E-state index contributed by atoms with van der Waals surface area (Å²) in [5, 5.41) is 2.41. The van der Waals surface area contributed by atoms with Crippen LogP contribution in [-0.4, -0.2) is 30.1 Å². The Bertz CT molecular complexity index is 675. The number of hydrogen-bond donors (Lipinski definition) is 1. The second kappa shape index (κ2) is 6.93. The molecular formula is C17H20N2O3. The van der Waals surface area contributed by atoms with Crippen molar-refractivity contribution in [3.63, 3.8) is 0 Å². The summed E-state index contributed by atoms with van der Waals surface area (Å²) in [6, 6.07) is 11.8. The lowest BCUT2D eigenvalue weighted by Crippen LogP contribution is -2.25. The van der Waals surface area contributed by atoms with E-state index in [9.17, 15) is 9.59 Å². The Morgan fingerprint density at radius 1 is 1.18 bits per heavy atom. The first kappa shape index (κ1) is 15.8. The Balaban J connectivity index is 2.16. The zero-order valence-electron chi connectivity index (χ0n) is 13.1. The van der Waals surface area contributed by atoms with Crippen LogP contribution in [0, 0.1) is 13.8 Å². The second-order valence-corrected chi connectivity index (χ2v) is 5.11. The van der Waals surface area contributed by atoms with Crippen molar-refractivity contribution in [3.8, 4) is 0 Å². The summed E-state index contributed by atoms with van der Waals surface area (Å²) < 4.78 is 7.08. The van der Waals surface area contributed by atoms with Crippen LogP contribution in [-0.2, 0) is 16.1 Å². The Labute approximate surface area is 129 Å². The van der Waals surface area contributed by atoms with Gasteiger partial charge in [-0.3, -0.25) is 4.79 Å². The van der Waals surface area contributed by atoms with Gasteiger partial charge >= 0.3 is 5.97 Å². The summed E-state index contributed by atoms with van der Waals surface area (Å²) in [7, 11) is 1.50. The van der Waals surface area contributed by atoms with E-state index in [1.807, 2.05) is 44.2 Å². The molecule has 22 heavy (non-hydrogen) atoms. The highest BCUT2D eigenvalue weighted by Gasteiger charge is 2.17. The first-order chi connectivity index (χ1) is 10.5. The average Bonchev–Trinajstić information content (AvgIpc) is 2.81. The third kappa shape index (κ3) is 3.55. The van der Waals surface area contributed by atoms with Crippen LogP contribution in [0.5, 0.6) is 0 Å². The number of aromatic nitrogens is 1. The van der Waals surface area contributed by atoms with E-state index in [0.29, 0.717) is 12.1 Å². The van der Waals surface area contributed by atoms with Crippen LogP contribution in [0.3, 0.4) is 0 Å². The number of carbonyl (C=O) groups excluding carboxylic acids is 2. The molecule has 1 aromatic heterocycles. The van der Waals surface area contributed by atoms with Crippen molar-refractivity contribution >= 4 is 11.9 Å². The third-order valence-electron chi connectivity index (χ3n) is 3.59. The molecule has 1 amide bonds. The molecule has 0 spiro atoms. The smallest absolute Gasteiger partial charge is 0.340 e. The van der Waals surface area contributed by atoms with Crippen molar-refractivity contribution in [2.45, 2.75) is 20.4 Å². The first-order valence-electron chi connectivity index (χ1n) is 7.11. The minimum atomic E-state index is -0.476. The zero-order valence-corrected chi connectivity index (χ0v) is 13.1. The standard InChI is InChI=1S/C17H20N2O3/c1-12-9-15(17(21)22-11-16(20)18-3)13(2)19(12)10-14-7-5-4-6-8-14/h4-9H,10-11H2,1-3H3,(H,18,20). The largest absolute Gasteiger partial charge is 0.452 e. The van der Waals surface area contributed by atoms with Gasteiger partial charge in [-0.05, 0) is 25.5 Å². The number of likely N-dealkylation sites (N-methyl/N-ethyl adjacent to an activating group) is 1. The molecule has 5 heteroatoms. The number of benzene rings is 1. The predicted molar refractivity (Wildman–Crippen MR) is 83.8 cm³/mol. The van der Waals surface area contributed by atoms with Gasteiger partial charge in [0.1, 0.15) is 0 Å². The van der Waals surface area contributed by atoms with E-state index in [4.69, 9.17) is 4.74 Å². The zero-order chi connectivity index (χ0) is 16.1. The monoisotopic (exact) mass is 300 g/mol. The molecule has 0 saturated heterocycles. The maximum absolute atomic E-state index is 12.1. The summed E-state index contributed by atoms with van der Waals surface area (Å²) in [6.45, 7) is 4.26. The van der Waals surface area contributed by atoms with Crippen LogP contribution in [0.4, 0.5) is 0 Å². The summed E-state index contributed by atoms with van der Waals surface area (Å²) in [5.41, 5.74) is 3.48. The summed E-state index contributed by atoms with van der Waals surface area (Å²) >= 11 is 0. The highest BCUT2D eigenvalue weighted by molar-refractivity contribution is 5.92. The number of amides is 1. The molecule has 0 aliphatic heterocycles. The lowest BCUT2D eigenvalue weighted by molar-refractivity contribution is -0.123. The van der Waals surface area contributed by atoms with Gasteiger partial charge in [-0.15, -0.1) is 0 Å². The van der Waals surface area contributed by atoms with Gasteiger partial charge in [-0.25, -0.2) is 4.79 Å². The molecule has 116 valence electrons. The molecule has 2 aromatic rings. The molecule has 0 radical (unpaired) electrons. The maximum Gasteiger partial charge on any atom is 0.340 e. The van der Waals surface area contributed by atoms with Crippen LogP contribution in [0.15, 0.2) is 36.4 Å². The van der Waals surface area contributed by atoms with Crippen molar-refractivity contribution < 1.29 is 14.3 Å². The number of ether oxygens (including phenoxy) is 1. The molecule has 2 rings (SSSR count). The molecule has 0 bridgehead atoms. The second-order valence-electron chi connectivity index (χ2n) is 5.11. The topological polar surface area (TPSA) is 60.3 Å². The molecule has 5 nitrogen and oxygen atoms in total. The molecule has 1 heterocycles. The minimum Gasteiger partial charge on any atom is -0.452 e. The number of nitrogens with zero attached hydrogens (tertiary/aromatic N) is 1.